The van der Waals surface area contributed by atoms with Gasteiger partial charge in [0.1, 0.15) is 0 Å². The number of amides is 1. The van der Waals surface area contributed by atoms with Gasteiger partial charge < -0.3 is 9.88 Å². The molecule has 1 aromatic carbocycles. The molecule has 0 bridgehead atoms. The molecule has 3 rings (SSSR count). The lowest BCUT2D eigenvalue weighted by Crippen LogP contribution is -2.40. The van der Waals surface area contributed by atoms with Crippen molar-refractivity contribution in [2.24, 2.45) is 0 Å². The van der Waals surface area contributed by atoms with Crippen molar-refractivity contribution in [1.29, 1.82) is 0 Å². The number of benzene rings is 1. The van der Waals surface area contributed by atoms with Crippen LogP contribution in [0.2, 0.25) is 0 Å². The minimum Gasteiger partial charge on any atom is -0.351 e. The van der Waals surface area contributed by atoms with Gasteiger partial charge in [-0.05, 0) is 11.1 Å². The summed E-state index contributed by atoms with van der Waals surface area (Å²) in [6.45, 7) is 0.573. The third kappa shape index (κ3) is 4.13. The number of hydrogen-bond acceptors (Lipinski definition) is 3. The summed E-state index contributed by atoms with van der Waals surface area (Å²) in [6.07, 6.45) is 4.88. The molecular weight excluding hydrogens is 302 g/mol. The number of carbonyl (C=O) groups excluding carboxylic acids is 1. The summed E-state index contributed by atoms with van der Waals surface area (Å²) >= 11 is 0. The highest BCUT2D eigenvalue weighted by Gasteiger charge is 2.42. The summed E-state index contributed by atoms with van der Waals surface area (Å²) in [6, 6.07) is 6.96. The lowest BCUT2D eigenvalue weighted by molar-refractivity contribution is -0.123. The number of alkyl halides is 2. The first-order valence-corrected chi connectivity index (χ1v) is 7.44. The van der Waals surface area contributed by atoms with Crippen LogP contribution < -0.4 is 10.6 Å². The van der Waals surface area contributed by atoms with E-state index in [-0.39, 0.29) is 5.91 Å². The summed E-state index contributed by atoms with van der Waals surface area (Å²) < 4.78 is 28.1. The van der Waals surface area contributed by atoms with Crippen molar-refractivity contribution in [3.05, 3.63) is 54.1 Å². The first kappa shape index (κ1) is 15.6. The Balaban J connectivity index is 1.55. The zero-order valence-corrected chi connectivity index (χ0v) is 12.5. The van der Waals surface area contributed by atoms with E-state index in [0.717, 1.165) is 11.1 Å². The fourth-order valence-electron chi connectivity index (χ4n) is 2.64. The van der Waals surface area contributed by atoms with E-state index in [0.29, 0.717) is 13.1 Å². The molecule has 5 nitrogen and oxygen atoms in total. The molecule has 1 unspecified atom stereocenters. The molecule has 0 spiro atoms. The second-order valence-corrected chi connectivity index (χ2v) is 5.77. The van der Waals surface area contributed by atoms with Crippen LogP contribution in [-0.2, 0) is 17.9 Å². The molecule has 1 aliphatic rings. The van der Waals surface area contributed by atoms with Crippen LogP contribution >= 0.6 is 0 Å². The smallest absolute Gasteiger partial charge is 0.262 e. The Labute approximate surface area is 132 Å². The summed E-state index contributed by atoms with van der Waals surface area (Å²) in [5, 5.41) is 5.26. The van der Waals surface area contributed by atoms with Gasteiger partial charge in [0.25, 0.3) is 5.92 Å². The van der Waals surface area contributed by atoms with E-state index in [1.807, 2.05) is 35.0 Å². The molecule has 7 heteroatoms. The number of aromatic nitrogens is 2. The van der Waals surface area contributed by atoms with Crippen LogP contribution in [0.4, 0.5) is 8.78 Å². The number of nitrogens with zero attached hydrogens (tertiary/aromatic N) is 2. The molecule has 1 fully saturated rings. The van der Waals surface area contributed by atoms with Gasteiger partial charge in [-0.3, -0.25) is 10.1 Å². The zero-order valence-electron chi connectivity index (χ0n) is 12.5. The maximum Gasteiger partial charge on any atom is 0.262 e. The fraction of sp³-hybridized carbons (Fsp3) is 0.375. The van der Waals surface area contributed by atoms with Gasteiger partial charge in [-0.25, -0.2) is 13.8 Å². The Bertz CT molecular complexity index is 672. The summed E-state index contributed by atoms with van der Waals surface area (Å²) in [5.74, 6) is -3.19. The van der Waals surface area contributed by atoms with Crippen molar-refractivity contribution in [3.8, 4) is 0 Å². The van der Waals surface area contributed by atoms with E-state index in [2.05, 4.69) is 15.6 Å². The third-order valence-corrected chi connectivity index (χ3v) is 3.81. The minimum atomic E-state index is -2.80. The molecule has 1 saturated heterocycles. The average molecular weight is 320 g/mol. The predicted octanol–water partition coefficient (Wildman–Crippen LogP) is 1.54. The van der Waals surface area contributed by atoms with E-state index in [4.69, 9.17) is 0 Å². The van der Waals surface area contributed by atoms with E-state index >= 15 is 0 Å². The SMILES string of the molecule is O=C(NCc1cccc(Cn2ccnc2)c1)C1CC(F)(F)CN1. The summed E-state index contributed by atoms with van der Waals surface area (Å²) in [4.78, 5) is 15.9. The maximum absolute atomic E-state index is 13.1. The monoisotopic (exact) mass is 320 g/mol. The van der Waals surface area contributed by atoms with Crippen LogP contribution in [0.15, 0.2) is 43.0 Å². The molecule has 0 radical (unpaired) electrons. The molecule has 1 amide bonds. The molecule has 122 valence electrons. The van der Waals surface area contributed by atoms with Gasteiger partial charge in [-0.2, -0.15) is 0 Å². The van der Waals surface area contributed by atoms with Crippen LogP contribution in [-0.4, -0.2) is 34.0 Å². The number of nitrogens with one attached hydrogen (secondary N) is 2. The van der Waals surface area contributed by atoms with Crippen molar-refractivity contribution in [1.82, 2.24) is 20.2 Å². The van der Waals surface area contributed by atoms with Crippen molar-refractivity contribution < 1.29 is 13.6 Å². The van der Waals surface area contributed by atoms with Crippen molar-refractivity contribution in [3.63, 3.8) is 0 Å². The van der Waals surface area contributed by atoms with E-state index in [1.54, 1.807) is 12.5 Å². The van der Waals surface area contributed by atoms with Gasteiger partial charge in [0.2, 0.25) is 5.91 Å². The van der Waals surface area contributed by atoms with Gasteiger partial charge in [0, 0.05) is 31.9 Å². The number of halogens is 2. The van der Waals surface area contributed by atoms with Crippen LogP contribution in [0, 0.1) is 0 Å². The second-order valence-electron chi connectivity index (χ2n) is 5.77. The molecule has 23 heavy (non-hydrogen) atoms. The Morgan fingerprint density at radius 1 is 1.43 bits per heavy atom. The molecule has 0 saturated carbocycles. The number of hydrogen-bond donors (Lipinski definition) is 2. The fourth-order valence-corrected chi connectivity index (χ4v) is 2.64. The van der Waals surface area contributed by atoms with Gasteiger partial charge in [0.05, 0.1) is 18.9 Å². The maximum atomic E-state index is 13.1. The highest BCUT2D eigenvalue weighted by atomic mass is 19.3. The van der Waals surface area contributed by atoms with Crippen molar-refractivity contribution in [2.45, 2.75) is 31.5 Å². The molecule has 1 aliphatic heterocycles. The second kappa shape index (κ2) is 6.45. The van der Waals surface area contributed by atoms with Gasteiger partial charge in [0.15, 0.2) is 0 Å². The van der Waals surface area contributed by atoms with E-state index in [9.17, 15) is 13.6 Å². The first-order chi connectivity index (χ1) is 11.0. The molecular formula is C16H18F2N4O. The Kier molecular flexibility index (Phi) is 4.38. The Hall–Kier alpha value is -2.28. The molecule has 2 aromatic rings. The molecule has 1 atom stereocenters. The molecule has 2 N–H and O–H groups in total. The van der Waals surface area contributed by atoms with Crippen LogP contribution in [0.3, 0.4) is 0 Å². The average Bonchev–Trinajstić information content (AvgIpc) is 3.14. The van der Waals surface area contributed by atoms with Crippen molar-refractivity contribution in [2.75, 3.05) is 6.54 Å². The van der Waals surface area contributed by atoms with E-state index in [1.165, 1.54) is 0 Å². The van der Waals surface area contributed by atoms with Gasteiger partial charge in [-0.15, -0.1) is 0 Å². The highest BCUT2D eigenvalue weighted by molar-refractivity contribution is 5.82. The lowest BCUT2D eigenvalue weighted by atomic mass is 10.1. The van der Waals surface area contributed by atoms with Gasteiger partial charge in [-0.1, -0.05) is 24.3 Å². The normalized spacial score (nSPS) is 19.7. The van der Waals surface area contributed by atoms with Crippen molar-refractivity contribution >= 4 is 5.91 Å². The van der Waals surface area contributed by atoms with E-state index < -0.39 is 24.9 Å². The lowest BCUT2D eigenvalue weighted by Gasteiger charge is -2.12. The largest absolute Gasteiger partial charge is 0.351 e. The topological polar surface area (TPSA) is 59.0 Å². The van der Waals surface area contributed by atoms with Crippen LogP contribution in [0.5, 0.6) is 0 Å². The Morgan fingerprint density at radius 3 is 2.96 bits per heavy atom. The quantitative estimate of drug-likeness (QED) is 0.879. The number of rotatable bonds is 5. The Morgan fingerprint density at radius 2 is 2.26 bits per heavy atom. The molecule has 1 aromatic heterocycles. The highest BCUT2D eigenvalue weighted by Crippen LogP contribution is 2.25. The van der Waals surface area contributed by atoms with Crippen LogP contribution in [0.25, 0.3) is 0 Å². The standard InChI is InChI=1S/C16H18F2N4O/c17-16(18)7-14(21-10-16)15(23)20-8-12-2-1-3-13(6-12)9-22-5-4-19-11-22/h1-6,11,14,21H,7-10H2,(H,20,23). The summed E-state index contributed by atoms with van der Waals surface area (Å²) in [7, 11) is 0. The number of imidazole rings is 1. The molecule has 2 heterocycles. The molecule has 0 aliphatic carbocycles. The third-order valence-electron chi connectivity index (χ3n) is 3.81. The first-order valence-electron chi connectivity index (χ1n) is 7.44. The minimum absolute atomic E-state index is 0.320. The predicted molar refractivity (Wildman–Crippen MR) is 81.0 cm³/mol. The van der Waals surface area contributed by atoms with Gasteiger partial charge >= 0.3 is 0 Å². The number of carbonyl (C=O) groups is 1. The zero-order chi connectivity index (χ0) is 16.3. The van der Waals surface area contributed by atoms with Crippen LogP contribution in [0.1, 0.15) is 17.5 Å². The summed E-state index contributed by atoms with van der Waals surface area (Å²) in [5.41, 5.74) is 2.01.